The number of unbranched alkanes of at least 4 members (excludes halogenated alkanes) is 60. The van der Waals surface area contributed by atoms with Crippen LogP contribution in [0.25, 0.3) is 0 Å². The molecular weight excluding hydrogens is 1670 g/mol. The van der Waals surface area contributed by atoms with Crippen molar-refractivity contribution < 1.29 is 33.9 Å². The fourth-order valence-electron chi connectivity index (χ4n) is 16.9. The molecule has 0 saturated carbocycles. The molecule has 9 rings (SSSR count). The van der Waals surface area contributed by atoms with Crippen LogP contribution < -0.4 is 0 Å². The number of nitrogens with zero attached hydrogens (tertiary/aromatic N) is 8. The van der Waals surface area contributed by atoms with Crippen LogP contribution in [0.1, 0.15) is 483 Å². The molecule has 4 aromatic carbocycles. The largest absolute Gasteiger partial charge is 0.260 e. The second-order valence-electron chi connectivity index (χ2n) is 36.0. The summed E-state index contributed by atoms with van der Waals surface area (Å²) in [5.41, 5.74) is 7.15. The minimum atomic E-state index is -0.583. The molecule has 0 aliphatic carbocycles. The van der Waals surface area contributed by atoms with E-state index in [-0.39, 0.29) is 17.1 Å². The second kappa shape index (κ2) is 77.0. The van der Waals surface area contributed by atoms with Crippen LogP contribution in [-0.2, 0) is 60.3 Å². The predicted molar refractivity (Wildman–Crippen MR) is 552 cm³/mol. The summed E-state index contributed by atoms with van der Waals surface area (Å²) in [7, 11) is -2.33. The molecule has 0 amide bonds. The van der Waals surface area contributed by atoms with E-state index in [1.165, 1.54) is 385 Å². The number of aliphatic imine (C=N–C) groups is 8. The smallest absolute Gasteiger partial charge is 0.164 e. The molecule has 0 aromatic heterocycles. The molecule has 5 aliphatic rings. The summed E-state index contributed by atoms with van der Waals surface area (Å²) >= 11 is 0. The molecule has 17 heteroatoms. The van der Waals surface area contributed by atoms with E-state index < -0.39 is 43.2 Å². The molecule has 0 saturated heterocycles. The standard InChI is InChI=1S/C32H16N8.4C19H40OS.Cu/c1-2-10-18-17(9-1)25-33-26(18)38-28-21-13-5-6-14-22(21)30(35-28)40-32-24-16-8-7-15-23(24)31(36-32)39-29-20-12-4-3-11-19(20)27(34-29)37-25;4*1-3-4-5-6-7-8-9-10-11-12-13-14-15-16-17-18-19-21(2)20;/h1-16H;4*3-19H2,1-2H3;. The van der Waals surface area contributed by atoms with Gasteiger partial charge in [-0.3, -0.25) is 16.8 Å². The van der Waals surface area contributed by atoms with Crippen molar-refractivity contribution in [1.82, 2.24) is 0 Å². The average Bonchev–Trinajstić information content (AvgIpc) is 1.60. The van der Waals surface area contributed by atoms with Gasteiger partial charge in [-0.05, 0) is 25.7 Å². The van der Waals surface area contributed by atoms with Gasteiger partial charge in [0.1, 0.15) is 0 Å². The van der Waals surface area contributed by atoms with Crippen molar-refractivity contribution in [2.45, 2.75) is 439 Å². The van der Waals surface area contributed by atoms with Crippen molar-refractivity contribution in [3.63, 3.8) is 0 Å². The van der Waals surface area contributed by atoms with E-state index in [9.17, 15) is 16.8 Å². The first-order valence-electron chi connectivity index (χ1n) is 51.2. The molecule has 125 heavy (non-hydrogen) atoms. The van der Waals surface area contributed by atoms with Gasteiger partial charge in [0.2, 0.25) is 0 Å². The monoisotopic (exact) mass is 1840 g/mol. The van der Waals surface area contributed by atoms with Crippen molar-refractivity contribution >= 4 is 89.9 Å². The van der Waals surface area contributed by atoms with E-state index in [1.54, 1.807) is 0 Å². The quantitative estimate of drug-likeness (QED) is 0.0317. The summed E-state index contributed by atoms with van der Waals surface area (Å²) in [4.78, 5) is 39.3. The number of hydrogen-bond donors (Lipinski definition) is 0. The maximum absolute atomic E-state index is 10.9. The molecule has 8 bridgehead atoms. The van der Waals surface area contributed by atoms with Gasteiger partial charge >= 0.3 is 0 Å². The summed E-state index contributed by atoms with van der Waals surface area (Å²) in [6, 6.07) is 31.8. The van der Waals surface area contributed by atoms with Gasteiger partial charge in [-0.1, -0.05) is 510 Å². The Balaban J connectivity index is 0.000000341. The third-order valence-electron chi connectivity index (χ3n) is 24.5. The van der Waals surface area contributed by atoms with Crippen molar-refractivity contribution in [1.29, 1.82) is 0 Å². The molecule has 0 spiro atoms. The average molecular weight is 1840 g/mol. The SMILES string of the molecule is CCCCCCCCCCCCCCCCCCS(C)=O.CCCCCCCCCCCCCCCCCCS(C)=O.CCCCCCCCCCCCCCCCCCS(C)=O.CCCCCCCCCCCCCCCCCCS(C)=O.[Cu].c1ccc2c(c1)C1=NC2=NC2=NC(=NC3=NC(=NC4=NC(=N1)c1ccccc14)c1ccccc13)c1ccccc12. The molecule has 4 aromatic rings. The maximum Gasteiger partial charge on any atom is 0.164 e. The van der Waals surface area contributed by atoms with Crippen LogP contribution in [0.15, 0.2) is 137 Å². The molecule has 5 aliphatic heterocycles. The molecule has 4 atom stereocenters. The number of amidine groups is 8. The van der Waals surface area contributed by atoms with Crippen molar-refractivity contribution in [2.24, 2.45) is 39.9 Å². The van der Waals surface area contributed by atoms with Gasteiger partial charge in [-0.2, -0.15) is 0 Å². The molecule has 0 N–H and O–H groups in total. The molecule has 0 fully saturated rings. The number of rotatable bonds is 68. The van der Waals surface area contributed by atoms with E-state index in [1.807, 2.05) is 122 Å². The number of hydrogen-bond acceptors (Lipinski definition) is 12. The van der Waals surface area contributed by atoms with Gasteiger partial charge in [0.15, 0.2) is 46.7 Å². The zero-order valence-corrected chi connectivity index (χ0v) is 84.7. The predicted octanol–water partition coefficient (Wildman–Crippen LogP) is 31.3. The third-order valence-corrected chi connectivity index (χ3v) is 27.9. The Labute approximate surface area is 786 Å². The molecule has 4 unspecified atom stereocenters. The normalized spacial score (nSPS) is 14.0. The minimum absolute atomic E-state index is 0. The summed E-state index contributed by atoms with van der Waals surface area (Å²) < 4.78 is 43.6. The Morgan fingerprint density at radius 1 is 0.160 bits per heavy atom. The van der Waals surface area contributed by atoms with Gasteiger partial charge < -0.3 is 0 Å². The van der Waals surface area contributed by atoms with Crippen molar-refractivity contribution in [3.05, 3.63) is 142 Å². The molecular formula is C108H176CuN8O4S4. The Morgan fingerprint density at radius 2 is 0.248 bits per heavy atom. The first-order chi connectivity index (χ1) is 60.9. The van der Waals surface area contributed by atoms with Gasteiger partial charge in [0.25, 0.3) is 0 Å². The van der Waals surface area contributed by atoms with Crippen molar-refractivity contribution in [3.8, 4) is 0 Å². The fraction of sp³-hybridized carbons (Fsp3) is 0.704. The minimum Gasteiger partial charge on any atom is -0.260 e. The molecule has 1 radical (unpaired) electrons. The van der Waals surface area contributed by atoms with Gasteiger partial charge in [-0.25, -0.2) is 39.9 Å². The van der Waals surface area contributed by atoms with Gasteiger partial charge in [0, 0.05) is 153 Å². The zero-order chi connectivity index (χ0) is 88.6. The van der Waals surface area contributed by atoms with Gasteiger partial charge in [0.05, 0.1) is 0 Å². The molecule has 707 valence electrons. The third kappa shape index (κ3) is 53.5. The second-order valence-corrected chi connectivity index (χ2v) is 42.2. The van der Waals surface area contributed by atoms with E-state index in [0.29, 0.717) is 46.7 Å². The van der Waals surface area contributed by atoms with Crippen molar-refractivity contribution in [2.75, 3.05) is 48.0 Å². The Morgan fingerprint density at radius 3 is 0.336 bits per heavy atom. The summed E-state index contributed by atoms with van der Waals surface area (Å²) in [6.45, 7) is 9.14. The van der Waals surface area contributed by atoms with Crippen LogP contribution in [-0.4, -0.2) is 112 Å². The summed E-state index contributed by atoms with van der Waals surface area (Å²) in [5.74, 6) is 8.02. The van der Waals surface area contributed by atoms with E-state index >= 15 is 0 Å². The van der Waals surface area contributed by atoms with Crippen LogP contribution >= 0.6 is 0 Å². The van der Waals surface area contributed by atoms with Crippen LogP contribution in [0, 0.1) is 0 Å². The number of benzene rings is 4. The number of fused-ring (bicyclic) bond motifs is 16. The van der Waals surface area contributed by atoms with Crippen LogP contribution in [0.4, 0.5) is 0 Å². The van der Waals surface area contributed by atoms with E-state index in [4.69, 9.17) is 39.9 Å². The van der Waals surface area contributed by atoms with Gasteiger partial charge in [-0.15, -0.1) is 0 Å². The van der Waals surface area contributed by atoms with Crippen LogP contribution in [0.3, 0.4) is 0 Å². The summed E-state index contributed by atoms with van der Waals surface area (Å²) in [5, 5.41) is 0. The van der Waals surface area contributed by atoms with Crippen LogP contribution in [0.2, 0.25) is 0 Å². The Kier molecular flexibility index (Phi) is 69.4. The molecule has 12 nitrogen and oxygen atoms in total. The van der Waals surface area contributed by atoms with E-state index in [0.717, 1.165) is 93.2 Å². The first kappa shape index (κ1) is 113. The Bertz CT molecular complexity index is 3320. The Hall–Kier alpha value is -4.64. The molecule has 5 heterocycles. The fourth-order valence-corrected chi connectivity index (χ4v) is 19.3. The topological polar surface area (TPSA) is 167 Å². The van der Waals surface area contributed by atoms with Crippen LogP contribution in [0.5, 0.6) is 0 Å². The van der Waals surface area contributed by atoms with E-state index in [2.05, 4.69) is 27.7 Å². The zero-order valence-electron chi connectivity index (χ0n) is 80.5. The summed E-state index contributed by atoms with van der Waals surface area (Å²) in [6.07, 6.45) is 96.9. The first-order valence-corrected chi connectivity index (χ1v) is 58.1. The maximum atomic E-state index is 10.9.